The second kappa shape index (κ2) is 6.42. The molecule has 2 N–H and O–H groups in total. The largest absolute Gasteiger partial charge is 0.468 e. The summed E-state index contributed by atoms with van der Waals surface area (Å²) in [6.07, 6.45) is -1.01. The van der Waals surface area contributed by atoms with Crippen LogP contribution in [0.3, 0.4) is 0 Å². The Hall–Kier alpha value is -1.53. The van der Waals surface area contributed by atoms with E-state index < -0.39 is 29.7 Å². The molecule has 0 spiro atoms. The van der Waals surface area contributed by atoms with Crippen molar-refractivity contribution in [3.05, 3.63) is 35.4 Å². The molecule has 0 fully saturated rings. The summed E-state index contributed by atoms with van der Waals surface area (Å²) in [7, 11) is 1.18. The monoisotopic (exact) mass is 259 g/mol. The van der Waals surface area contributed by atoms with Gasteiger partial charge in [0.2, 0.25) is 0 Å². The molecule has 0 aliphatic carbocycles. The highest BCUT2D eigenvalue weighted by molar-refractivity contribution is 5.76. The van der Waals surface area contributed by atoms with Gasteiger partial charge in [-0.3, -0.25) is 10.1 Å². The summed E-state index contributed by atoms with van der Waals surface area (Å²) in [5, 5.41) is 12.0. The zero-order valence-corrected chi connectivity index (χ0v) is 10.1. The number of hydrogen-bond acceptors (Lipinski definition) is 4. The number of halogens is 2. The highest BCUT2D eigenvalue weighted by Gasteiger charge is 2.24. The third kappa shape index (κ3) is 3.48. The van der Waals surface area contributed by atoms with E-state index in [1.807, 2.05) is 0 Å². The van der Waals surface area contributed by atoms with Gasteiger partial charge in [-0.1, -0.05) is 12.1 Å². The number of benzene rings is 1. The molecule has 0 aliphatic heterocycles. The molecule has 0 unspecified atom stereocenters. The molecule has 1 rings (SSSR count). The molecule has 0 saturated heterocycles. The fourth-order valence-electron chi connectivity index (χ4n) is 1.48. The molecule has 18 heavy (non-hydrogen) atoms. The molecule has 1 aromatic rings. The Kier molecular flexibility index (Phi) is 5.18. The van der Waals surface area contributed by atoms with Gasteiger partial charge >= 0.3 is 5.97 Å². The lowest BCUT2D eigenvalue weighted by molar-refractivity contribution is -0.145. The zero-order valence-electron chi connectivity index (χ0n) is 10.1. The Bertz CT molecular complexity index is 424. The maximum atomic E-state index is 13.3. The summed E-state index contributed by atoms with van der Waals surface area (Å²) in [5.74, 6) is -2.60. The number of nitrogens with one attached hydrogen (secondary N) is 1. The molecule has 0 aliphatic rings. The summed E-state index contributed by atoms with van der Waals surface area (Å²) in [4.78, 5) is 11.3. The van der Waals surface area contributed by atoms with E-state index >= 15 is 0 Å². The van der Waals surface area contributed by atoms with E-state index in [2.05, 4.69) is 10.1 Å². The number of hydrogen-bond donors (Lipinski definition) is 2. The molecule has 0 bridgehead atoms. The van der Waals surface area contributed by atoms with Crippen LogP contribution >= 0.6 is 0 Å². The number of carbonyl (C=O) groups is 1. The Balaban J connectivity index is 2.73. The van der Waals surface area contributed by atoms with Crippen LogP contribution in [0.5, 0.6) is 0 Å². The van der Waals surface area contributed by atoms with Crippen molar-refractivity contribution in [3.63, 3.8) is 0 Å². The van der Waals surface area contributed by atoms with Crippen molar-refractivity contribution < 1.29 is 23.4 Å². The Labute approximate surface area is 104 Å². The van der Waals surface area contributed by atoms with E-state index in [4.69, 9.17) is 0 Å². The van der Waals surface area contributed by atoms with Crippen molar-refractivity contribution in [3.8, 4) is 0 Å². The number of esters is 1. The lowest BCUT2D eigenvalue weighted by atomic mass is 10.1. The first kappa shape index (κ1) is 14.5. The predicted molar refractivity (Wildman–Crippen MR) is 60.7 cm³/mol. The van der Waals surface area contributed by atoms with Crippen molar-refractivity contribution in [2.24, 2.45) is 0 Å². The fourth-order valence-corrected chi connectivity index (χ4v) is 1.48. The first-order valence-electron chi connectivity index (χ1n) is 5.39. The maximum Gasteiger partial charge on any atom is 0.325 e. The molecule has 0 amide bonds. The average molecular weight is 259 g/mol. The van der Waals surface area contributed by atoms with Crippen LogP contribution in [0, 0.1) is 11.6 Å². The number of ether oxygens (including phenoxy) is 1. The van der Waals surface area contributed by atoms with Crippen LogP contribution in [-0.2, 0) is 16.1 Å². The molecule has 0 radical (unpaired) electrons. The highest BCUT2D eigenvalue weighted by Crippen LogP contribution is 2.11. The van der Waals surface area contributed by atoms with Gasteiger partial charge in [-0.05, 0) is 13.0 Å². The van der Waals surface area contributed by atoms with Crippen LogP contribution in [0.25, 0.3) is 0 Å². The smallest absolute Gasteiger partial charge is 0.325 e. The summed E-state index contributed by atoms with van der Waals surface area (Å²) in [5.41, 5.74) is 0.0737. The third-order valence-electron chi connectivity index (χ3n) is 2.48. The normalized spacial score (nSPS) is 14.1. The van der Waals surface area contributed by atoms with E-state index in [1.165, 1.54) is 26.2 Å². The average Bonchev–Trinajstić information content (AvgIpc) is 2.33. The number of aliphatic hydroxyl groups is 1. The molecule has 0 aromatic heterocycles. The third-order valence-corrected chi connectivity index (χ3v) is 2.48. The van der Waals surface area contributed by atoms with Crippen LogP contribution in [0.1, 0.15) is 12.5 Å². The van der Waals surface area contributed by atoms with E-state index in [9.17, 15) is 18.7 Å². The quantitative estimate of drug-likeness (QED) is 0.774. The minimum absolute atomic E-state index is 0.0737. The van der Waals surface area contributed by atoms with Crippen molar-refractivity contribution in [1.82, 2.24) is 5.32 Å². The van der Waals surface area contributed by atoms with Gasteiger partial charge in [-0.25, -0.2) is 8.78 Å². The molecule has 1 aromatic carbocycles. The van der Waals surface area contributed by atoms with Gasteiger partial charge in [0.25, 0.3) is 0 Å². The first-order valence-corrected chi connectivity index (χ1v) is 5.39. The van der Waals surface area contributed by atoms with Crippen LogP contribution in [0.4, 0.5) is 8.78 Å². The van der Waals surface area contributed by atoms with Crippen LogP contribution in [-0.4, -0.2) is 30.3 Å². The fraction of sp³-hybridized carbons (Fsp3) is 0.417. The van der Waals surface area contributed by atoms with Gasteiger partial charge in [0.1, 0.15) is 6.04 Å². The molecule has 100 valence electrons. The summed E-state index contributed by atoms with van der Waals surface area (Å²) >= 11 is 0. The van der Waals surface area contributed by atoms with Crippen LogP contribution in [0.15, 0.2) is 18.2 Å². The summed E-state index contributed by atoms with van der Waals surface area (Å²) in [6.45, 7) is 1.31. The number of rotatable bonds is 5. The molecule has 0 saturated carbocycles. The van der Waals surface area contributed by atoms with Crippen molar-refractivity contribution in [1.29, 1.82) is 0 Å². The second-order valence-electron chi connectivity index (χ2n) is 3.84. The summed E-state index contributed by atoms with van der Waals surface area (Å²) < 4.78 is 30.8. The first-order chi connectivity index (χ1) is 8.47. The minimum Gasteiger partial charge on any atom is -0.468 e. The van der Waals surface area contributed by atoms with E-state index in [-0.39, 0.29) is 12.1 Å². The lowest BCUT2D eigenvalue weighted by Crippen LogP contribution is -2.45. The van der Waals surface area contributed by atoms with Gasteiger partial charge in [0, 0.05) is 12.1 Å². The topological polar surface area (TPSA) is 58.6 Å². The number of carbonyl (C=O) groups excluding carboxylic acids is 1. The highest BCUT2D eigenvalue weighted by atomic mass is 19.2. The molecule has 4 nitrogen and oxygen atoms in total. The van der Waals surface area contributed by atoms with Gasteiger partial charge in [0.05, 0.1) is 13.2 Å². The standard InChI is InChI=1S/C12H15F2NO3/c1-7(16)11(12(17)18-2)15-6-8-4-3-5-9(13)10(8)14/h3-5,7,11,15-16H,6H2,1-2H3/t7-,11-/m1/s1. The maximum absolute atomic E-state index is 13.3. The summed E-state index contributed by atoms with van der Waals surface area (Å²) in [6, 6.07) is 2.77. The molecular weight excluding hydrogens is 244 g/mol. The zero-order chi connectivity index (χ0) is 13.7. The number of methoxy groups -OCH3 is 1. The van der Waals surface area contributed by atoms with Crippen molar-refractivity contribution >= 4 is 5.97 Å². The van der Waals surface area contributed by atoms with Crippen LogP contribution < -0.4 is 5.32 Å². The predicted octanol–water partition coefficient (Wildman–Crippen LogP) is 0.977. The number of aliphatic hydroxyl groups excluding tert-OH is 1. The second-order valence-corrected chi connectivity index (χ2v) is 3.84. The SMILES string of the molecule is COC(=O)[C@H](NCc1cccc(F)c1F)[C@@H](C)O. The van der Waals surface area contributed by atoms with E-state index in [1.54, 1.807) is 0 Å². The van der Waals surface area contributed by atoms with E-state index in [0.717, 1.165) is 6.07 Å². The van der Waals surface area contributed by atoms with Crippen LogP contribution in [0.2, 0.25) is 0 Å². The molecule has 0 heterocycles. The Morgan fingerprint density at radius 2 is 2.17 bits per heavy atom. The van der Waals surface area contributed by atoms with Crippen molar-refractivity contribution in [2.45, 2.75) is 25.6 Å². The molecule has 6 heteroatoms. The van der Waals surface area contributed by atoms with Gasteiger partial charge in [-0.15, -0.1) is 0 Å². The van der Waals surface area contributed by atoms with Gasteiger partial charge in [-0.2, -0.15) is 0 Å². The van der Waals surface area contributed by atoms with Gasteiger partial charge in [0.15, 0.2) is 11.6 Å². The minimum atomic E-state index is -1.01. The molecule has 2 atom stereocenters. The van der Waals surface area contributed by atoms with Gasteiger partial charge < -0.3 is 9.84 Å². The molecular formula is C12H15F2NO3. The van der Waals surface area contributed by atoms with Crippen molar-refractivity contribution in [2.75, 3.05) is 7.11 Å². The Morgan fingerprint density at radius 3 is 2.72 bits per heavy atom. The lowest BCUT2D eigenvalue weighted by Gasteiger charge is -2.19. The van der Waals surface area contributed by atoms with E-state index in [0.29, 0.717) is 0 Å². The Morgan fingerprint density at radius 1 is 1.50 bits per heavy atom.